The molecule has 0 unspecified atom stereocenters. The van der Waals surface area contributed by atoms with Crippen LogP contribution in [0.4, 0.5) is 85.3 Å². The maximum absolute atomic E-state index is 8.08. The fourth-order valence-corrected chi connectivity index (χ4v) is 18.5. The lowest BCUT2D eigenvalue weighted by Crippen LogP contribution is -2.66. The molecule has 6 aliphatic rings. The van der Waals surface area contributed by atoms with Gasteiger partial charge in [-0.15, -0.1) is 0 Å². The van der Waals surface area contributed by atoms with Gasteiger partial charge in [0.2, 0.25) is 0 Å². The molecule has 0 radical (unpaired) electrons. The third-order valence-corrected chi connectivity index (χ3v) is 22.7. The number of nitrogens with zero attached hydrogens (tertiary/aromatic N) is 5. The molecular formula is C92H69B2N5O. The first kappa shape index (κ1) is 58.2. The summed E-state index contributed by atoms with van der Waals surface area (Å²) in [5.74, 6) is 1.82. The van der Waals surface area contributed by atoms with Gasteiger partial charge in [0.15, 0.2) is 0 Å². The van der Waals surface area contributed by atoms with Crippen LogP contribution in [0.15, 0.2) is 309 Å². The highest BCUT2D eigenvalue weighted by atomic mass is 16.5. The molecule has 0 saturated heterocycles. The fourth-order valence-electron chi connectivity index (χ4n) is 18.5. The summed E-state index contributed by atoms with van der Waals surface area (Å²) in [5.41, 5.74) is 36.4. The molecule has 4 aliphatic heterocycles. The summed E-state index contributed by atoms with van der Waals surface area (Å²) in [6, 6.07) is 115. The summed E-state index contributed by atoms with van der Waals surface area (Å²) < 4.78 is 8.08. The van der Waals surface area contributed by atoms with Crippen LogP contribution in [0.25, 0.3) is 22.3 Å². The lowest BCUT2D eigenvalue weighted by molar-refractivity contribution is 0.483. The maximum Gasteiger partial charge on any atom is 0.256 e. The predicted molar refractivity (Wildman–Crippen MR) is 420 cm³/mol. The second kappa shape index (κ2) is 21.8. The van der Waals surface area contributed by atoms with Crippen molar-refractivity contribution >= 4 is 132 Å². The molecule has 100 heavy (non-hydrogen) atoms. The number of hydrogen-bond donors (Lipinski definition) is 0. The predicted octanol–water partition coefficient (Wildman–Crippen LogP) is 20.3. The van der Waals surface area contributed by atoms with Crippen molar-refractivity contribution in [3.05, 3.63) is 343 Å². The number of ether oxygens (including phenoxy) is 1. The van der Waals surface area contributed by atoms with Crippen molar-refractivity contribution in [1.82, 2.24) is 0 Å². The van der Waals surface area contributed by atoms with Crippen LogP contribution in [-0.2, 0) is 10.8 Å². The summed E-state index contributed by atoms with van der Waals surface area (Å²) in [6.45, 7) is 14.3. The second-order valence-electron chi connectivity index (χ2n) is 28.7. The number of para-hydroxylation sites is 9. The molecule has 0 spiro atoms. The molecule has 0 atom stereocenters. The van der Waals surface area contributed by atoms with Crippen molar-refractivity contribution in [2.75, 3.05) is 24.5 Å². The van der Waals surface area contributed by atoms with E-state index in [1.807, 2.05) is 0 Å². The lowest BCUT2D eigenvalue weighted by atomic mass is 9.29. The smallest absolute Gasteiger partial charge is 0.256 e. The summed E-state index contributed by atoms with van der Waals surface area (Å²) in [6.07, 6.45) is 0. The van der Waals surface area contributed by atoms with Gasteiger partial charge in [-0.2, -0.15) is 0 Å². The summed E-state index contributed by atoms with van der Waals surface area (Å²) >= 11 is 0. The summed E-state index contributed by atoms with van der Waals surface area (Å²) in [5, 5.41) is 0. The molecule has 8 heteroatoms. The molecule has 0 bridgehead atoms. The number of benzene rings is 14. The van der Waals surface area contributed by atoms with Crippen molar-refractivity contribution in [1.29, 1.82) is 0 Å². The van der Waals surface area contributed by atoms with Crippen molar-refractivity contribution in [2.45, 2.75) is 52.4 Å². The van der Waals surface area contributed by atoms with Crippen LogP contribution < -0.4 is 62.0 Å². The number of rotatable bonds is 9. The van der Waals surface area contributed by atoms with Gasteiger partial charge >= 0.3 is 0 Å². The van der Waals surface area contributed by atoms with Crippen LogP contribution in [0.5, 0.6) is 11.5 Å². The molecule has 4 heterocycles. The quantitative estimate of drug-likeness (QED) is 0.134. The minimum Gasteiger partial charge on any atom is -0.458 e. The molecule has 0 amide bonds. The molecule has 0 N–H and O–H groups in total. The molecule has 20 rings (SSSR count). The van der Waals surface area contributed by atoms with Gasteiger partial charge in [-0.25, -0.2) is 0 Å². The van der Waals surface area contributed by atoms with E-state index in [1.54, 1.807) is 0 Å². The molecule has 0 fully saturated rings. The Labute approximate surface area is 586 Å². The number of anilines is 15. The Morgan fingerprint density at radius 3 is 1.09 bits per heavy atom. The van der Waals surface area contributed by atoms with Gasteiger partial charge in [-0.3, -0.25) is 0 Å². The van der Waals surface area contributed by atoms with E-state index >= 15 is 0 Å². The van der Waals surface area contributed by atoms with Gasteiger partial charge in [0, 0.05) is 102 Å². The zero-order valence-electron chi connectivity index (χ0n) is 56.7. The SMILES string of the molecule is Cc1c2c(c(C)c3c1B1c4ccccc4N(c4ccccc4)c4c1c(cc1c4C(C)(C)c4cc(N(c5ccccc5)c5ccccc5)ccc4-1)N3c1ccccc1)Oc1cc3c(c4c1B2c1ccccc1N4c1ccccc1)C(C)(C)c1cc(N(c2ccccc2)c2ccccc2)ccc1-3. The van der Waals surface area contributed by atoms with Crippen LogP contribution in [0.1, 0.15) is 61.1 Å². The molecule has 2 aliphatic carbocycles. The zero-order valence-corrected chi connectivity index (χ0v) is 56.7. The maximum atomic E-state index is 8.08. The first-order chi connectivity index (χ1) is 49.0. The van der Waals surface area contributed by atoms with E-state index in [0.29, 0.717) is 0 Å². The molecular weight excluding hydrogens is 1210 g/mol. The number of fused-ring (bicyclic) bond motifs is 16. The largest absolute Gasteiger partial charge is 0.458 e. The highest BCUT2D eigenvalue weighted by Crippen LogP contribution is 2.61. The molecule has 14 aromatic rings. The van der Waals surface area contributed by atoms with Crippen LogP contribution >= 0.6 is 0 Å². The highest BCUT2D eigenvalue weighted by Gasteiger charge is 2.54. The summed E-state index contributed by atoms with van der Waals surface area (Å²) in [4.78, 5) is 12.6. The molecule has 14 aromatic carbocycles. The van der Waals surface area contributed by atoms with Gasteiger partial charge in [0.1, 0.15) is 11.5 Å². The van der Waals surface area contributed by atoms with Crippen molar-refractivity contribution in [3.63, 3.8) is 0 Å². The Balaban J connectivity index is 0.851. The Bertz CT molecular complexity index is 5610. The zero-order chi connectivity index (χ0) is 66.9. The van der Waals surface area contributed by atoms with Gasteiger partial charge in [0.05, 0.1) is 0 Å². The average molecular weight is 1280 g/mol. The van der Waals surface area contributed by atoms with Crippen molar-refractivity contribution in [3.8, 4) is 33.8 Å². The molecule has 0 saturated carbocycles. The minimum absolute atomic E-state index is 0.179. The first-order valence-electron chi connectivity index (χ1n) is 35.2. The second-order valence-corrected chi connectivity index (χ2v) is 28.7. The van der Waals surface area contributed by atoms with Crippen molar-refractivity contribution < 1.29 is 4.74 Å². The standard InChI is InChI=1S/C92H69B2N5O/c1-58-83-87(59(2)90-84(58)94-76-47-29-31-49-78(76)98(65-42-24-12-25-43-65)89-82-72(57-80(100-90)86(89)94)70-53-51-68(55-74(70)92(82,5)6)96(62-36-18-9-19-37-62)63-38-20-10-21-39-63)99(66-44-26-13-27-45-66)79-56-71-69-52-50-67(95(60-32-14-7-15-33-60)61-34-16-8-17-35-61)54-73(69)91(3,4)81(71)88-85(79)93(83)75-46-28-30-48-77(75)97(88)64-40-22-11-23-41-64/h7-57H,1-6H3. The van der Waals surface area contributed by atoms with Crippen LogP contribution in [-0.4, -0.2) is 13.4 Å². The van der Waals surface area contributed by atoms with Crippen LogP contribution in [0.2, 0.25) is 0 Å². The van der Waals surface area contributed by atoms with Gasteiger partial charge < -0.3 is 29.2 Å². The van der Waals surface area contributed by atoms with Gasteiger partial charge in [0.25, 0.3) is 13.4 Å². The van der Waals surface area contributed by atoms with E-state index in [4.69, 9.17) is 4.74 Å². The normalized spacial score (nSPS) is 14.4. The molecule has 0 aromatic heterocycles. The summed E-state index contributed by atoms with van der Waals surface area (Å²) in [7, 11) is 0. The topological polar surface area (TPSA) is 25.4 Å². The third-order valence-electron chi connectivity index (χ3n) is 22.7. The minimum atomic E-state index is -0.463. The van der Waals surface area contributed by atoms with Crippen LogP contribution in [0.3, 0.4) is 0 Å². The Morgan fingerprint density at radius 1 is 0.300 bits per heavy atom. The van der Waals surface area contributed by atoms with E-state index < -0.39 is 10.8 Å². The van der Waals surface area contributed by atoms with E-state index in [1.165, 1.54) is 117 Å². The molecule has 6 nitrogen and oxygen atoms in total. The lowest BCUT2D eigenvalue weighted by Gasteiger charge is -2.48. The van der Waals surface area contributed by atoms with E-state index in [-0.39, 0.29) is 13.4 Å². The first-order valence-corrected chi connectivity index (χ1v) is 35.2. The monoisotopic (exact) mass is 1280 g/mol. The van der Waals surface area contributed by atoms with E-state index in [2.05, 4.69) is 375 Å². The average Bonchev–Trinajstić information content (AvgIpc) is 1.19. The number of hydrogen-bond acceptors (Lipinski definition) is 6. The fraction of sp³-hybridized carbons (Fsp3) is 0.0870. The third kappa shape index (κ3) is 8.16. The van der Waals surface area contributed by atoms with E-state index in [0.717, 1.165) is 68.2 Å². The van der Waals surface area contributed by atoms with Crippen LogP contribution in [0, 0.1) is 13.8 Å². The van der Waals surface area contributed by atoms with E-state index in [9.17, 15) is 0 Å². The van der Waals surface area contributed by atoms with Gasteiger partial charge in [-0.1, -0.05) is 209 Å². The highest BCUT2D eigenvalue weighted by molar-refractivity contribution is 7.03. The Hall–Kier alpha value is -12.0. The van der Waals surface area contributed by atoms with Crippen molar-refractivity contribution in [2.24, 2.45) is 0 Å². The molecule has 474 valence electrons. The Kier molecular flexibility index (Phi) is 12.7. The van der Waals surface area contributed by atoms with Gasteiger partial charge in [-0.05, 0) is 225 Å². The Morgan fingerprint density at radius 2 is 0.660 bits per heavy atom.